The van der Waals surface area contributed by atoms with E-state index in [1.54, 1.807) is 0 Å². The summed E-state index contributed by atoms with van der Waals surface area (Å²) in [5.74, 6) is 0.709. The van der Waals surface area contributed by atoms with Gasteiger partial charge in [0.25, 0.3) is 0 Å². The van der Waals surface area contributed by atoms with Crippen LogP contribution >= 0.6 is 11.3 Å². The van der Waals surface area contributed by atoms with Crippen LogP contribution in [0.25, 0.3) is 97.9 Å². The molecule has 0 saturated heterocycles. The molecule has 0 N–H and O–H groups in total. The molecule has 0 bridgehead atoms. The molecule has 2 aromatic heterocycles. The van der Waals surface area contributed by atoms with Crippen molar-refractivity contribution in [1.29, 1.82) is 0 Å². The number of rotatable bonds is 5. The number of nitrogens with zero attached hydrogens (tertiary/aromatic N) is 2. The molecule has 0 saturated carbocycles. The van der Waals surface area contributed by atoms with Gasteiger partial charge in [-0.05, 0) is 86.3 Å². The minimum Gasteiger partial charge on any atom is -0.228 e. The molecule has 0 aliphatic rings. The molecule has 0 amide bonds. The maximum absolute atomic E-state index is 5.31. The topological polar surface area (TPSA) is 25.8 Å². The fourth-order valence-corrected chi connectivity index (χ4v) is 8.44. The van der Waals surface area contributed by atoms with Gasteiger partial charge in [-0.3, -0.25) is 0 Å². The molecule has 0 fully saturated rings. The van der Waals surface area contributed by atoms with Crippen LogP contribution in [0, 0.1) is 0 Å². The highest BCUT2D eigenvalue weighted by Crippen LogP contribution is 2.40. The van der Waals surface area contributed by atoms with Gasteiger partial charge < -0.3 is 0 Å². The number of hydrogen-bond acceptors (Lipinski definition) is 3. The predicted molar refractivity (Wildman–Crippen MR) is 217 cm³/mol. The molecule has 2 nitrogen and oxygen atoms in total. The van der Waals surface area contributed by atoms with E-state index in [0.29, 0.717) is 5.82 Å². The molecule has 8 aromatic carbocycles. The van der Waals surface area contributed by atoms with Crippen LogP contribution in [0.5, 0.6) is 0 Å². The summed E-state index contributed by atoms with van der Waals surface area (Å²) in [7, 11) is 0. The fourth-order valence-electron chi connectivity index (χ4n) is 7.29. The second-order valence-electron chi connectivity index (χ2n) is 13.0. The lowest BCUT2D eigenvalue weighted by molar-refractivity contribution is 1.18. The Bertz CT molecular complexity index is 2920. The smallest absolute Gasteiger partial charge is 0.160 e. The van der Waals surface area contributed by atoms with Crippen LogP contribution in [-0.2, 0) is 0 Å². The molecule has 0 radical (unpaired) electrons. The van der Waals surface area contributed by atoms with Gasteiger partial charge in [-0.25, -0.2) is 9.97 Å². The summed E-state index contributed by atoms with van der Waals surface area (Å²) in [6.07, 6.45) is 0. The SMILES string of the molecule is c1ccc(-c2cc(-c3cc(-c4ccc5c(c4)sc4ccccc45)cc(-c4cccc5ccccc45)c3)nc(-c3ccc4ccccc4c3)n2)cc1. The van der Waals surface area contributed by atoms with Crippen LogP contribution in [0.2, 0.25) is 0 Å². The van der Waals surface area contributed by atoms with Crippen LogP contribution < -0.4 is 0 Å². The van der Waals surface area contributed by atoms with E-state index in [0.717, 1.165) is 39.2 Å². The zero-order valence-corrected chi connectivity index (χ0v) is 28.4. The van der Waals surface area contributed by atoms with Crippen LogP contribution in [-0.4, -0.2) is 9.97 Å². The first kappa shape index (κ1) is 29.5. The van der Waals surface area contributed by atoms with Crippen molar-refractivity contribution in [2.75, 3.05) is 0 Å². The molecule has 0 aliphatic heterocycles. The molecule has 238 valence electrons. The van der Waals surface area contributed by atoms with Crippen LogP contribution in [0.3, 0.4) is 0 Å². The molecule has 0 atom stereocenters. The van der Waals surface area contributed by atoms with Crippen molar-refractivity contribution in [3.8, 4) is 56.2 Å². The van der Waals surface area contributed by atoms with Gasteiger partial charge in [0.05, 0.1) is 11.4 Å². The average molecular weight is 667 g/mol. The van der Waals surface area contributed by atoms with Crippen molar-refractivity contribution in [1.82, 2.24) is 9.97 Å². The van der Waals surface area contributed by atoms with Crippen molar-refractivity contribution < 1.29 is 0 Å². The van der Waals surface area contributed by atoms with Crippen LogP contribution in [0.15, 0.2) is 182 Å². The molecule has 2 heterocycles. The Morgan fingerprint density at radius 3 is 1.84 bits per heavy atom. The first-order chi connectivity index (χ1) is 25.2. The molecule has 3 heteroatoms. The van der Waals surface area contributed by atoms with Crippen molar-refractivity contribution >= 4 is 53.1 Å². The van der Waals surface area contributed by atoms with Gasteiger partial charge in [0.15, 0.2) is 5.82 Å². The number of fused-ring (bicyclic) bond motifs is 5. The summed E-state index contributed by atoms with van der Waals surface area (Å²) in [4.78, 5) is 10.5. The van der Waals surface area contributed by atoms with Crippen molar-refractivity contribution in [3.05, 3.63) is 182 Å². The van der Waals surface area contributed by atoms with Gasteiger partial charge in [0, 0.05) is 36.9 Å². The van der Waals surface area contributed by atoms with Crippen molar-refractivity contribution in [2.24, 2.45) is 0 Å². The Balaban J connectivity index is 1.21. The van der Waals surface area contributed by atoms with E-state index in [9.17, 15) is 0 Å². The monoisotopic (exact) mass is 666 g/mol. The van der Waals surface area contributed by atoms with E-state index < -0.39 is 0 Å². The largest absolute Gasteiger partial charge is 0.228 e. The zero-order chi connectivity index (χ0) is 33.7. The van der Waals surface area contributed by atoms with E-state index in [-0.39, 0.29) is 0 Å². The van der Waals surface area contributed by atoms with Gasteiger partial charge in [0.2, 0.25) is 0 Å². The van der Waals surface area contributed by atoms with Gasteiger partial charge in [-0.15, -0.1) is 11.3 Å². The Hall–Kier alpha value is -6.42. The van der Waals surface area contributed by atoms with Gasteiger partial charge in [-0.2, -0.15) is 0 Å². The fraction of sp³-hybridized carbons (Fsp3) is 0. The Morgan fingerprint density at radius 1 is 0.314 bits per heavy atom. The maximum atomic E-state index is 5.31. The first-order valence-corrected chi connectivity index (χ1v) is 18.0. The lowest BCUT2D eigenvalue weighted by Crippen LogP contribution is -1.97. The van der Waals surface area contributed by atoms with E-state index in [2.05, 4.69) is 176 Å². The molecule has 51 heavy (non-hydrogen) atoms. The summed E-state index contributed by atoms with van der Waals surface area (Å²) in [6, 6.07) is 65.2. The highest BCUT2D eigenvalue weighted by molar-refractivity contribution is 7.25. The predicted octanol–water partition coefficient (Wildman–Crippen LogP) is 13.5. The van der Waals surface area contributed by atoms with Gasteiger partial charge in [0.1, 0.15) is 0 Å². The summed E-state index contributed by atoms with van der Waals surface area (Å²) in [5.41, 5.74) is 9.58. The van der Waals surface area contributed by atoms with E-state index in [1.807, 2.05) is 17.4 Å². The molecular weight excluding hydrogens is 637 g/mol. The van der Waals surface area contributed by atoms with Crippen LogP contribution in [0.4, 0.5) is 0 Å². The Kier molecular flexibility index (Phi) is 7.04. The van der Waals surface area contributed by atoms with Crippen LogP contribution in [0.1, 0.15) is 0 Å². The summed E-state index contributed by atoms with van der Waals surface area (Å²) in [5, 5.41) is 7.43. The first-order valence-electron chi connectivity index (χ1n) is 17.2. The van der Waals surface area contributed by atoms with Gasteiger partial charge >= 0.3 is 0 Å². The second kappa shape index (κ2) is 12.2. The number of hydrogen-bond donors (Lipinski definition) is 0. The minimum atomic E-state index is 0.709. The molecule has 0 unspecified atom stereocenters. The summed E-state index contributed by atoms with van der Waals surface area (Å²) in [6.45, 7) is 0. The van der Waals surface area contributed by atoms with E-state index >= 15 is 0 Å². The second-order valence-corrected chi connectivity index (χ2v) is 14.1. The number of aromatic nitrogens is 2. The quantitative estimate of drug-likeness (QED) is 0.183. The van der Waals surface area contributed by atoms with Crippen molar-refractivity contribution in [2.45, 2.75) is 0 Å². The van der Waals surface area contributed by atoms with E-state index in [4.69, 9.17) is 9.97 Å². The highest BCUT2D eigenvalue weighted by atomic mass is 32.1. The summed E-state index contributed by atoms with van der Waals surface area (Å²) < 4.78 is 2.60. The molecule has 10 aromatic rings. The third kappa shape index (κ3) is 5.36. The van der Waals surface area contributed by atoms with Gasteiger partial charge in [-0.1, -0.05) is 140 Å². The normalized spacial score (nSPS) is 11.5. The zero-order valence-electron chi connectivity index (χ0n) is 27.6. The molecule has 0 spiro atoms. The molecular formula is C48H30N2S. The third-order valence-corrected chi connectivity index (χ3v) is 11.0. The van der Waals surface area contributed by atoms with Crippen molar-refractivity contribution in [3.63, 3.8) is 0 Å². The Labute approximate surface area is 300 Å². The lowest BCUT2D eigenvalue weighted by atomic mass is 9.92. The van der Waals surface area contributed by atoms with E-state index in [1.165, 1.54) is 52.8 Å². The lowest BCUT2D eigenvalue weighted by Gasteiger charge is -2.14. The third-order valence-electron chi connectivity index (χ3n) is 9.84. The molecule has 0 aliphatic carbocycles. The molecule has 10 rings (SSSR count). The Morgan fingerprint density at radius 2 is 0.961 bits per heavy atom. The highest BCUT2D eigenvalue weighted by Gasteiger charge is 2.16. The number of thiophene rings is 1. The minimum absolute atomic E-state index is 0.709. The standard InChI is InChI=1S/C48H30N2S/c1-2-13-33(14-3-1)44-30-45(50-48(49-44)36-22-21-31-11-4-5-15-34(31)25-36)39-27-37(26-38(28-39)41-19-10-16-32-12-6-7-17-40(32)41)35-23-24-43-42-18-8-9-20-46(42)51-47(43)29-35/h1-30H. The number of benzene rings is 8. The maximum Gasteiger partial charge on any atom is 0.160 e. The average Bonchev–Trinajstić information content (AvgIpc) is 3.58. The summed E-state index contributed by atoms with van der Waals surface area (Å²) >= 11 is 1.85.